The number of rotatable bonds is 3. The minimum absolute atomic E-state index is 0.0593. The van der Waals surface area contributed by atoms with E-state index in [0.29, 0.717) is 0 Å². The molecule has 0 unspecified atom stereocenters. The van der Waals surface area contributed by atoms with Crippen LogP contribution in [0.3, 0.4) is 0 Å². The first-order valence-electron chi connectivity index (χ1n) is 4.51. The lowest BCUT2D eigenvalue weighted by molar-refractivity contribution is 0.0690. The molecule has 5 nitrogen and oxygen atoms in total. The first-order chi connectivity index (χ1) is 7.72. The third kappa shape index (κ3) is 1.92. The Bertz CT molecular complexity index is 524. The molecule has 16 heavy (non-hydrogen) atoms. The summed E-state index contributed by atoms with van der Waals surface area (Å²) in [7, 11) is 0. The number of nitrogens with zero attached hydrogens (tertiary/aromatic N) is 3. The Morgan fingerprint density at radius 3 is 2.81 bits per heavy atom. The van der Waals surface area contributed by atoms with Crippen LogP contribution in [0.1, 0.15) is 10.5 Å². The van der Waals surface area contributed by atoms with Gasteiger partial charge in [0, 0.05) is 4.90 Å². The summed E-state index contributed by atoms with van der Waals surface area (Å²) in [4.78, 5) is 11.7. The molecule has 1 aromatic heterocycles. The lowest BCUT2D eigenvalue weighted by atomic mass is 10.3. The van der Waals surface area contributed by atoms with E-state index in [0.717, 1.165) is 10.6 Å². The predicted octanol–water partition coefficient (Wildman–Crippen LogP) is 1.69. The average Bonchev–Trinajstić information content (AvgIpc) is 2.78. The van der Waals surface area contributed by atoms with Crippen LogP contribution in [0.4, 0.5) is 0 Å². The molecule has 0 saturated carbocycles. The van der Waals surface area contributed by atoms with Gasteiger partial charge < -0.3 is 5.11 Å². The normalized spacial score (nSPS) is 10.3. The van der Waals surface area contributed by atoms with E-state index in [1.807, 2.05) is 30.5 Å². The Morgan fingerprint density at radius 1 is 1.44 bits per heavy atom. The van der Waals surface area contributed by atoms with Crippen LogP contribution >= 0.6 is 11.8 Å². The van der Waals surface area contributed by atoms with E-state index in [2.05, 4.69) is 10.3 Å². The highest BCUT2D eigenvalue weighted by molar-refractivity contribution is 7.98. The van der Waals surface area contributed by atoms with Crippen LogP contribution in [0, 0.1) is 0 Å². The van der Waals surface area contributed by atoms with Crippen LogP contribution in [-0.2, 0) is 0 Å². The number of aromatic nitrogens is 3. The lowest BCUT2D eigenvalue weighted by Crippen LogP contribution is -1.97. The van der Waals surface area contributed by atoms with E-state index in [-0.39, 0.29) is 5.69 Å². The highest BCUT2D eigenvalue weighted by Gasteiger charge is 2.10. The Hall–Kier alpha value is -1.82. The van der Waals surface area contributed by atoms with E-state index in [9.17, 15) is 4.79 Å². The largest absolute Gasteiger partial charge is 0.476 e. The minimum atomic E-state index is -1.08. The number of carboxylic acids is 1. The van der Waals surface area contributed by atoms with Crippen molar-refractivity contribution in [2.24, 2.45) is 0 Å². The fourth-order valence-corrected chi connectivity index (χ4v) is 1.88. The number of hydrogen-bond acceptors (Lipinski definition) is 4. The third-order valence-electron chi connectivity index (χ3n) is 2.04. The number of aromatic carboxylic acids is 1. The van der Waals surface area contributed by atoms with Gasteiger partial charge in [0.1, 0.15) is 0 Å². The second-order valence-electron chi connectivity index (χ2n) is 3.03. The van der Waals surface area contributed by atoms with Crippen LogP contribution in [0.5, 0.6) is 0 Å². The second kappa shape index (κ2) is 4.36. The fourth-order valence-electron chi connectivity index (χ4n) is 1.30. The van der Waals surface area contributed by atoms with Crippen LogP contribution in [0.2, 0.25) is 0 Å². The molecule has 0 aliphatic heterocycles. The van der Waals surface area contributed by atoms with Gasteiger partial charge in [0.2, 0.25) is 0 Å². The van der Waals surface area contributed by atoms with Gasteiger partial charge in [-0.2, -0.15) is 0 Å². The van der Waals surface area contributed by atoms with Gasteiger partial charge >= 0.3 is 5.97 Å². The summed E-state index contributed by atoms with van der Waals surface area (Å²) < 4.78 is 1.47. The Balaban J connectivity index is 2.46. The van der Waals surface area contributed by atoms with E-state index < -0.39 is 5.97 Å². The Morgan fingerprint density at radius 2 is 2.19 bits per heavy atom. The minimum Gasteiger partial charge on any atom is -0.476 e. The molecule has 0 aliphatic rings. The molecule has 1 N–H and O–H groups in total. The molecule has 0 aliphatic carbocycles. The standard InChI is InChI=1S/C10H9N3O2S/c1-16-9-5-3-2-4-8(9)13-6-7(10(14)15)11-12-13/h2-6H,1H3,(H,14,15). The smallest absolute Gasteiger partial charge is 0.358 e. The zero-order valence-electron chi connectivity index (χ0n) is 8.49. The van der Waals surface area contributed by atoms with Crippen LogP contribution < -0.4 is 0 Å². The third-order valence-corrected chi connectivity index (χ3v) is 2.83. The van der Waals surface area contributed by atoms with Crippen molar-refractivity contribution in [2.45, 2.75) is 4.90 Å². The van der Waals surface area contributed by atoms with Crippen molar-refractivity contribution in [2.75, 3.05) is 6.26 Å². The molecule has 1 heterocycles. The van der Waals surface area contributed by atoms with Crippen LogP contribution in [-0.4, -0.2) is 32.3 Å². The highest BCUT2D eigenvalue weighted by Crippen LogP contribution is 2.22. The Labute approximate surface area is 96.1 Å². The quantitative estimate of drug-likeness (QED) is 0.820. The molecule has 0 amide bonds. The molecule has 0 radical (unpaired) electrons. The van der Waals surface area contributed by atoms with Gasteiger partial charge in [-0.25, -0.2) is 9.48 Å². The van der Waals surface area contributed by atoms with E-state index >= 15 is 0 Å². The molecule has 0 atom stereocenters. The number of hydrogen-bond donors (Lipinski definition) is 1. The van der Waals surface area contributed by atoms with Crippen molar-refractivity contribution in [3.05, 3.63) is 36.2 Å². The maximum absolute atomic E-state index is 10.7. The summed E-state index contributed by atoms with van der Waals surface area (Å²) in [5.41, 5.74) is 0.769. The van der Waals surface area contributed by atoms with E-state index in [1.54, 1.807) is 11.8 Å². The molecule has 2 rings (SSSR count). The SMILES string of the molecule is CSc1ccccc1-n1cc(C(=O)O)nn1. The number of carbonyl (C=O) groups is 1. The molecular weight excluding hydrogens is 226 g/mol. The van der Waals surface area contributed by atoms with Gasteiger partial charge in [-0.3, -0.25) is 0 Å². The molecule has 6 heteroatoms. The zero-order chi connectivity index (χ0) is 11.5. The summed E-state index contributed by atoms with van der Waals surface area (Å²) in [5, 5.41) is 16.1. The molecule has 0 saturated heterocycles. The van der Waals surface area contributed by atoms with Crippen molar-refractivity contribution in [3.8, 4) is 5.69 Å². The topological polar surface area (TPSA) is 68.0 Å². The fraction of sp³-hybridized carbons (Fsp3) is 0.100. The summed E-state index contributed by atoms with van der Waals surface area (Å²) in [5.74, 6) is -1.08. The van der Waals surface area contributed by atoms with Gasteiger partial charge in [0.15, 0.2) is 5.69 Å². The van der Waals surface area contributed by atoms with Crippen molar-refractivity contribution < 1.29 is 9.90 Å². The number of thioether (sulfide) groups is 1. The zero-order valence-corrected chi connectivity index (χ0v) is 9.31. The maximum atomic E-state index is 10.7. The van der Waals surface area contributed by atoms with E-state index in [4.69, 9.17) is 5.11 Å². The van der Waals surface area contributed by atoms with Gasteiger partial charge in [-0.05, 0) is 18.4 Å². The molecule has 0 fully saturated rings. The lowest BCUT2D eigenvalue weighted by Gasteiger charge is -2.04. The van der Waals surface area contributed by atoms with E-state index in [1.165, 1.54) is 10.9 Å². The predicted molar refractivity (Wildman–Crippen MR) is 60.1 cm³/mol. The van der Waals surface area contributed by atoms with Crippen LogP contribution in [0.25, 0.3) is 5.69 Å². The Kier molecular flexibility index (Phi) is 2.91. The summed E-state index contributed by atoms with van der Waals surface area (Å²) in [6, 6.07) is 7.61. The van der Waals surface area contributed by atoms with Crippen molar-refractivity contribution in [1.29, 1.82) is 0 Å². The van der Waals surface area contributed by atoms with Crippen molar-refractivity contribution in [1.82, 2.24) is 15.0 Å². The van der Waals surface area contributed by atoms with Gasteiger partial charge in [0.05, 0.1) is 11.9 Å². The van der Waals surface area contributed by atoms with Gasteiger partial charge in [-0.1, -0.05) is 17.3 Å². The average molecular weight is 235 g/mol. The second-order valence-corrected chi connectivity index (χ2v) is 3.87. The summed E-state index contributed by atoms with van der Waals surface area (Å²) in [6.07, 6.45) is 3.35. The monoisotopic (exact) mass is 235 g/mol. The van der Waals surface area contributed by atoms with Gasteiger partial charge in [0.25, 0.3) is 0 Å². The van der Waals surface area contributed by atoms with Crippen molar-refractivity contribution in [3.63, 3.8) is 0 Å². The van der Waals surface area contributed by atoms with Crippen LogP contribution in [0.15, 0.2) is 35.4 Å². The number of benzene rings is 1. The molecule has 0 spiro atoms. The molecule has 1 aromatic carbocycles. The number of carboxylic acid groups (broad SMARTS) is 1. The first-order valence-corrected chi connectivity index (χ1v) is 5.74. The first kappa shape index (κ1) is 10.7. The molecule has 82 valence electrons. The molecule has 2 aromatic rings. The summed E-state index contributed by atoms with van der Waals surface area (Å²) in [6.45, 7) is 0. The molecular formula is C10H9N3O2S. The maximum Gasteiger partial charge on any atom is 0.358 e. The highest BCUT2D eigenvalue weighted by atomic mass is 32.2. The van der Waals surface area contributed by atoms with Crippen molar-refractivity contribution >= 4 is 17.7 Å². The van der Waals surface area contributed by atoms with Gasteiger partial charge in [-0.15, -0.1) is 16.9 Å². The molecule has 0 bridgehead atoms. The summed E-state index contributed by atoms with van der Waals surface area (Å²) >= 11 is 1.57. The number of para-hydroxylation sites is 1.